The number of halogens is 1. The summed E-state index contributed by atoms with van der Waals surface area (Å²) >= 11 is 3.34. The summed E-state index contributed by atoms with van der Waals surface area (Å²) in [4.78, 5) is 32.8. The second-order valence-electron chi connectivity index (χ2n) is 4.20. The number of benzene rings is 1. The van der Waals surface area contributed by atoms with Gasteiger partial charge in [-0.3, -0.25) is 9.59 Å². The molecule has 6 nitrogen and oxygen atoms in total. The van der Waals surface area contributed by atoms with E-state index in [0.29, 0.717) is 6.41 Å². The highest BCUT2D eigenvalue weighted by atomic mass is 127. The molecule has 0 saturated carbocycles. The van der Waals surface area contributed by atoms with Crippen LogP contribution in [0.2, 0.25) is 0 Å². The van der Waals surface area contributed by atoms with Gasteiger partial charge in [-0.05, 0) is 53.3 Å². The van der Waals surface area contributed by atoms with Gasteiger partial charge in [0, 0.05) is 15.0 Å². The molecule has 1 unspecified atom stereocenters. The summed E-state index contributed by atoms with van der Waals surface area (Å²) in [6.45, 7) is 1.90. The van der Waals surface area contributed by atoms with E-state index >= 15 is 0 Å². The molecule has 8 heteroatoms. The number of aryl methyl sites for hydroxylation is 1. The monoisotopic (exact) mass is 422 g/mol. The molecular weight excluding hydrogens is 407 g/mol. The number of carboxylic acid groups (broad SMARTS) is 1. The average Bonchev–Trinajstić information content (AvgIpc) is 2.41. The molecule has 0 aliphatic carbocycles. The van der Waals surface area contributed by atoms with Gasteiger partial charge >= 0.3 is 5.97 Å². The topological polar surface area (TPSA) is 95.5 Å². The van der Waals surface area contributed by atoms with Crippen LogP contribution in [-0.2, 0) is 14.4 Å². The van der Waals surface area contributed by atoms with Gasteiger partial charge in [0.15, 0.2) is 0 Å². The number of nitrogens with one attached hydrogen (secondary N) is 2. The van der Waals surface area contributed by atoms with Crippen LogP contribution in [0.25, 0.3) is 0 Å². The van der Waals surface area contributed by atoms with Crippen molar-refractivity contribution in [1.82, 2.24) is 5.32 Å². The Morgan fingerprint density at radius 3 is 2.76 bits per heavy atom. The van der Waals surface area contributed by atoms with Crippen LogP contribution >= 0.6 is 34.4 Å². The number of amides is 2. The fourth-order valence-corrected chi connectivity index (χ4v) is 2.99. The number of carboxylic acids is 1. The summed E-state index contributed by atoms with van der Waals surface area (Å²) in [6.07, 6.45) is 0.342. The minimum absolute atomic E-state index is 0.121. The molecule has 0 spiro atoms. The van der Waals surface area contributed by atoms with Crippen LogP contribution in [0, 0.1) is 10.5 Å². The fraction of sp³-hybridized carbons (Fsp3) is 0.308. The first-order valence-corrected chi connectivity index (χ1v) is 8.23. The van der Waals surface area contributed by atoms with Gasteiger partial charge in [0.25, 0.3) is 0 Å². The van der Waals surface area contributed by atoms with Crippen LogP contribution in [0.1, 0.15) is 5.56 Å². The molecule has 0 radical (unpaired) electrons. The molecule has 0 aliphatic heterocycles. The molecular formula is C13H15IN2O4S. The lowest BCUT2D eigenvalue weighted by Crippen LogP contribution is -2.38. The molecule has 1 atom stereocenters. The minimum atomic E-state index is -1.12. The molecule has 0 aromatic heterocycles. The third-order valence-electron chi connectivity index (χ3n) is 2.55. The lowest BCUT2D eigenvalue weighted by atomic mass is 10.2. The largest absolute Gasteiger partial charge is 0.480 e. The number of hydrogen-bond acceptors (Lipinski definition) is 4. The SMILES string of the molecule is Cc1cc(I)ccc1NC(=O)CSCC(NC=O)C(=O)O. The van der Waals surface area contributed by atoms with Crippen molar-refractivity contribution in [3.05, 3.63) is 27.3 Å². The maximum Gasteiger partial charge on any atom is 0.327 e. The number of rotatable bonds is 8. The van der Waals surface area contributed by atoms with Crippen molar-refractivity contribution in [2.24, 2.45) is 0 Å². The average molecular weight is 422 g/mol. The zero-order valence-electron chi connectivity index (χ0n) is 11.3. The highest BCUT2D eigenvalue weighted by Gasteiger charge is 2.16. The maximum atomic E-state index is 11.8. The first-order chi connectivity index (χ1) is 9.93. The lowest BCUT2D eigenvalue weighted by Gasteiger charge is -2.11. The zero-order chi connectivity index (χ0) is 15.8. The second kappa shape index (κ2) is 8.88. The van der Waals surface area contributed by atoms with Gasteiger partial charge in [0.1, 0.15) is 6.04 Å². The van der Waals surface area contributed by atoms with E-state index in [1.54, 1.807) is 0 Å². The van der Waals surface area contributed by atoms with Crippen molar-refractivity contribution in [1.29, 1.82) is 0 Å². The summed E-state index contributed by atoms with van der Waals surface area (Å²) in [5.41, 5.74) is 1.70. The van der Waals surface area contributed by atoms with E-state index in [9.17, 15) is 14.4 Å². The Bertz CT molecular complexity index is 539. The summed E-state index contributed by atoms with van der Waals surface area (Å²) < 4.78 is 1.08. The Balaban J connectivity index is 2.43. The van der Waals surface area contributed by atoms with Crippen LogP contribution < -0.4 is 10.6 Å². The van der Waals surface area contributed by atoms with Crippen LogP contribution in [-0.4, -0.2) is 40.9 Å². The summed E-state index contributed by atoms with van der Waals surface area (Å²) in [7, 11) is 0. The lowest BCUT2D eigenvalue weighted by molar-refractivity contribution is -0.139. The van der Waals surface area contributed by atoms with Gasteiger partial charge in [0.2, 0.25) is 12.3 Å². The molecule has 0 fully saturated rings. The third kappa shape index (κ3) is 6.34. The van der Waals surface area contributed by atoms with E-state index in [0.717, 1.165) is 26.6 Å². The Kier molecular flexibility index (Phi) is 7.51. The predicted octanol–water partition coefficient (Wildman–Crippen LogP) is 1.47. The van der Waals surface area contributed by atoms with Gasteiger partial charge in [-0.15, -0.1) is 11.8 Å². The Labute approximate surface area is 140 Å². The van der Waals surface area contributed by atoms with Crippen molar-refractivity contribution in [3.63, 3.8) is 0 Å². The number of anilines is 1. The molecule has 21 heavy (non-hydrogen) atoms. The molecule has 0 heterocycles. The van der Waals surface area contributed by atoms with Gasteiger partial charge in [-0.25, -0.2) is 4.79 Å². The molecule has 0 bridgehead atoms. The van der Waals surface area contributed by atoms with Gasteiger partial charge in [-0.2, -0.15) is 0 Å². The predicted molar refractivity (Wildman–Crippen MR) is 90.5 cm³/mol. The molecule has 1 aromatic rings. The molecule has 1 rings (SSSR count). The zero-order valence-corrected chi connectivity index (χ0v) is 14.2. The number of thioether (sulfide) groups is 1. The normalized spacial score (nSPS) is 11.5. The summed E-state index contributed by atoms with van der Waals surface area (Å²) in [6, 6.07) is 4.69. The van der Waals surface area contributed by atoms with Crippen LogP contribution in [0.4, 0.5) is 5.69 Å². The Morgan fingerprint density at radius 1 is 1.48 bits per heavy atom. The van der Waals surface area contributed by atoms with Crippen LogP contribution in [0.15, 0.2) is 18.2 Å². The van der Waals surface area contributed by atoms with Crippen molar-refractivity contribution in [3.8, 4) is 0 Å². The molecule has 3 N–H and O–H groups in total. The van der Waals surface area contributed by atoms with Gasteiger partial charge in [0.05, 0.1) is 5.75 Å². The van der Waals surface area contributed by atoms with Crippen molar-refractivity contribution >= 4 is 58.3 Å². The van der Waals surface area contributed by atoms with Gasteiger partial charge in [-0.1, -0.05) is 0 Å². The van der Waals surface area contributed by atoms with E-state index in [2.05, 4.69) is 33.2 Å². The molecule has 114 valence electrons. The molecule has 1 aromatic carbocycles. The van der Waals surface area contributed by atoms with E-state index in [-0.39, 0.29) is 17.4 Å². The highest BCUT2D eigenvalue weighted by molar-refractivity contribution is 14.1. The standard InChI is InChI=1S/C13H15IN2O4S/c1-8-4-9(14)2-3-10(8)16-12(18)6-21-5-11(13(19)20)15-7-17/h2-4,7,11H,5-6H2,1H3,(H,15,17)(H,16,18)(H,19,20). The summed E-state index contributed by atoms with van der Waals surface area (Å²) in [5, 5.41) is 13.8. The fourth-order valence-electron chi connectivity index (χ4n) is 1.50. The first kappa shape index (κ1) is 17.8. The molecule has 0 aliphatic rings. The van der Waals surface area contributed by atoms with Crippen molar-refractivity contribution < 1.29 is 19.5 Å². The number of hydrogen-bond donors (Lipinski definition) is 3. The van der Waals surface area contributed by atoms with Crippen molar-refractivity contribution in [2.75, 3.05) is 16.8 Å². The van der Waals surface area contributed by atoms with Crippen LogP contribution in [0.3, 0.4) is 0 Å². The van der Waals surface area contributed by atoms with Crippen LogP contribution in [0.5, 0.6) is 0 Å². The number of aliphatic carboxylic acids is 1. The van der Waals surface area contributed by atoms with Gasteiger partial charge < -0.3 is 15.7 Å². The smallest absolute Gasteiger partial charge is 0.327 e. The van der Waals surface area contributed by atoms with E-state index < -0.39 is 12.0 Å². The van der Waals surface area contributed by atoms with Crippen molar-refractivity contribution in [2.45, 2.75) is 13.0 Å². The highest BCUT2D eigenvalue weighted by Crippen LogP contribution is 2.18. The number of carbonyl (C=O) groups excluding carboxylic acids is 2. The quantitative estimate of drug-likeness (QED) is 0.436. The first-order valence-electron chi connectivity index (χ1n) is 6.00. The number of carbonyl (C=O) groups is 3. The maximum absolute atomic E-state index is 11.8. The van der Waals surface area contributed by atoms with E-state index in [1.807, 2.05) is 25.1 Å². The molecule has 2 amide bonds. The Morgan fingerprint density at radius 2 is 2.19 bits per heavy atom. The van der Waals surface area contributed by atoms with E-state index in [4.69, 9.17) is 5.11 Å². The third-order valence-corrected chi connectivity index (χ3v) is 4.25. The second-order valence-corrected chi connectivity index (χ2v) is 6.47. The Hall–Kier alpha value is -1.29. The minimum Gasteiger partial charge on any atom is -0.480 e. The summed E-state index contributed by atoms with van der Waals surface area (Å²) in [5.74, 6) is -1.08. The molecule has 0 saturated heterocycles. The van der Waals surface area contributed by atoms with E-state index in [1.165, 1.54) is 0 Å².